The second-order valence-electron chi connectivity index (χ2n) is 8.38. The molecule has 35 heavy (non-hydrogen) atoms. The van der Waals surface area contributed by atoms with Crippen molar-refractivity contribution in [3.63, 3.8) is 0 Å². The summed E-state index contributed by atoms with van der Waals surface area (Å²) in [6.45, 7) is 1.78. The highest BCUT2D eigenvalue weighted by molar-refractivity contribution is 6.30. The highest BCUT2D eigenvalue weighted by Gasteiger charge is 2.17. The number of halogens is 2. The zero-order valence-electron chi connectivity index (χ0n) is 18.9. The lowest BCUT2D eigenvalue weighted by Crippen LogP contribution is -2.25. The number of benzene rings is 2. The van der Waals surface area contributed by atoms with Gasteiger partial charge in [-0.15, -0.1) is 0 Å². The van der Waals surface area contributed by atoms with Crippen molar-refractivity contribution in [1.82, 2.24) is 19.7 Å². The molecule has 0 radical (unpaired) electrons. The van der Waals surface area contributed by atoms with E-state index in [4.69, 9.17) is 11.6 Å². The average molecular weight is 489 g/mol. The van der Waals surface area contributed by atoms with Crippen molar-refractivity contribution in [1.29, 1.82) is 0 Å². The minimum absolute atomic E-state index is 0.00938. The van der Waals surface area contributed by atoms with E-state index in [1.807, 2.05) is 43.3 Å². The summed E-state index contributed by atoms with van der Waals surface area (Å²) in [6.07, 6.45) is 3.69. The number of nitrogens with zero attached hydrogens (tertiary/aromatic N) is 3. The number of aromatic amines is 1. The predicted octanol–water partition coefficient (Wildman–Crippen LogP) is 5.53. The van der Waals surface area contributed by atoms with Gasteiger partial charge in [0.1, 0.15) is 11.5 Å². The van der Waals surface area contributed by atoms with Gasteiger partial charge >= 0.3 is 0 Å². The first kappa shape index (κ1) is 23.0. The van der Waals surface area contributed by atoms with E-state index in [0.717, 1.165) is 39.0 Å². The molecular formula is C27H22ClFN4O2. The second-order valence-corrected chi connectivity index (χ2v) is 8.79. The molecule has 2 aromatic carbocycles. The number of aromatic nitrogens is 4. The zero-order valence-corrected chi connectivity index (χ0v) is 19.6. The van der Waals surface area contributed by atoms with E-state index in [9.17, 15) is 14.3 Å². The number of nitrogens with one attached hydrogen (secondary N) is 1. The fourth-order valence-corrected chi connectivity index (χ4v) is 4.46. The third kappa shape index (κ3) is 4.48. The lowest BCUT2D eigenvalue weighted by atomic mass is 10.0. The van der Waals surface area contributed by atoms with E-state index in [2.05, 4.69) is 15.2 Å². The van der Waals surface area contributed by atoms with E-state index >= 15 is 0 Å². The van der Waals surface area contributed by atoms with Crippen LogP contribution in [0.5, 0.6) is 0 Å². The first-order chi connectivity index (χ1) is 16.9. The SMILES string of the molecule is Cc1cc(-c2n[nH]c3ccc(-c4ccn([C@H](CCO)c5ccc(Cl)c(F)c5)c(=O)c4)cc23)ccn1. The van der Waals surface area contributed by atoms with Crippen molar-refractivity contribution >= 4 is 22.5 Å². The van der Waals surface area contributed by atoms with Gasteiger partial charge in [-0.2, -0.15) is 5.10 Å². The summed E-state index contributed by atoms with van der Waals surface area (Å²) < 4.78 is 15.6. The Morgan fingerprint density at radius 1 is 1.06 bits per heavy atom. The molecule has 176 valence electrons. The Morgan fingerprint density at radius 2 is 1.89 bits per heavy atom. The summed E-state index contributed by atoms with van der Waals surface area (Å²) in [5.41, 5.74) is 5.48. The fourth-order valence-electron chi connectivity index (χ4n) is 4.34. The van der Waals surface area contributed by atoms with Crippen LogP contribution in [0.4, 0.5) is 4.39 Å². The molecule has 0 saturated carbocycles. The van der Waals surface area contributed by atoms with Crippen LogP contribution in [-0.2, 0) is 0 Å². The number of hydrogen-bond acceptors (Lipinski definition) is 4. The van der Waals surface area contributed by atoms with Gasteiger partial charge in [0.2, 0.25) is 0 Å². The number of rotatable bonds is 6. The van der Waals surface area contributed by atoms with E-state index < -0.39 is 11.9 Å². The summed E-state index contributed by atoms with van der Waals surface area (Å²) in [4.78, 5) is 17.4. The summed E-state index contributed by atoms with van der Waals surface area (Å²) in [5, 5.41) is 18.1. The maximum Gasteiger partial charge on any atom is 0.251 e. The van der Waals surface area contributed by atoms with Gasteiger partial charge in [0.15, 0.2) is 0 Å². The largest absolute Gasteiger partial charge is 0.396 e. The van der Waals surface area contributed by atoms with Crippen LogP contribution in [0.25, 0.3) is 33.3 Å². The minimum Gasteiger partial charge on any atom is -0.396 e. The topological polar surface area (TPSA) is 83.8 Å². The maximum atomic E-state index is 14.1. The van der Waals surface area contributed by atoms with E-state index in [1.165, 1.54) is 16.7 Å². The fraction of sp³-hybridized carbons (Fsp3) is 0.148. The molecule has 0 saturated heterocycles. The molecule has 0 fully saturated rings. The second kappa shape index (κ2) is 9.44. The molecule has 0 amide bonds. The van der Waals surface area contributed by atoms with E-state index in [-0.39, 0.29) is 23.6 Å². The number of aliphatic hydroxyl groups excluding tert-OH is 1. The van der Waals surface area contributed by atoms with Crippen molar-refractivity contribution < 1.29 is 9.50 Å². The van der Waals surface area contributed by atoms with Gasteiger partial charge in [-0.25, -0.2) is 4.39 Å². The molecule has 0 aliphatic heterocycles. The van der Waals surface area contributed by atoms with Gasteiger partial charge in [-0.1, -0.05) is 23.7 Å². The standard InChI is InChI=1S/C27H22ClFN4O2/c1-16-12-20(6-9-30-16)27-21-13-17(3-5-24(21)31-32-27)18-7-10-33(26(35)15-18)25(8-11-34)19-2-4-22(28)23(29)14-19/h2-7,9-10,12-15,25,34H,8,11H2,1H3,(H,31,32)/t25-/m1/s1. The molecule has 3 heterocycles. The van der Waals surface area contributed by atoms with Gasteiger partial charge < -0.3 is 9.67 Å². The summed E-state index contributed by atoms with van der Waals surface area (Å²) in [5.74, 6) is -0.564. The summed E-state index contributed by atoms with van der Waals surface area (Å²) in [7, 11) is 0. The van der Waals surface area contributed by atoms with Crippen LogP contribution in [0.3, 0.4) is 0 Å². The highest BCUT2D eigenvalue weighted by atomic mass is 35.5. The van der Waals surface area contributed by atoms with Crippen LogP contribution >= 0.6 is 11.6 Å². The number of pyridine rings is 2. The molecule has 1 atom stereocenters. The number of H-pyrrole nitrogens is 1. The molecule has 0 aliphatic carbocycles. The number of hydrogen-bond donors (Lipinski definition) is 2. The molecule has 0 spiro atoms. The first-order valence-corrected chi connectivity index (χ1v) is 11.5. The van der Waals surface area contributed by atoms with Gasteiger partial charge in [0.25, 0.3) is 5.56 Å². The third-order valence-corrected chi connectivity index (χ3v) is 6.39. The van der Waals surface area contributed by atoms with Gasteiger partial charge in [-0.3, -0.25) is 14.9 Å². The molecule has 0 bridgehead atoms. The molecule has 5 rings (SSSR count). The average Bonchev–Trinajstić information content (AvgIpc) is 3.28. The zero-order chi connectivity index (χ0) is 24.5. The Hall–Kier alpha value is -3.81. The molecule has 0 aliphatic rings. The minimum atomic E-state index is -0.564. The molecule has 6 nitrogen and oxygen atoms in total. The Kier molecular flexibility index (Phi) is 6.19. The Morgan fingerprint density at radius 3 is 2.63 bits per heavy atom. The number of aryl methyl sites for hydroxylation is 1. The smallest absolute Gasteiger partial charge is 0.251 e. The maximum absolute atomic E-state index is 14.1. The van der Waals surface area contributed by atoms with Gasteiger partial charge in [0, 0.05) is 41.7 Å². The molecule has 5 aromatic rings. The van der Waals surface area contributed by atoms with Gasteiger partial charge in [-0.05, 0) is 72.5 Å². The normalized spacial score (nSPS) is 12.2. The molecule has 3 aromatic heterocycles. The van der Waals surface area contributed by atoms with Crippen molar-refractivity contribution in [2.75, 3.05) is 6.61 Å². The summed E-state index contributed by atoms with van der Waals surface area (Å²) in [6, 6.07) is 17.1. The molecule has 2 N–H and O–H groups in total. The van der Waals surface area contributed by atoms with Crippen molar-refractivity contribution in [3.05, 3.63) is 106 Å². The predicted molar refractivity (Wildman–Crippen MR) is 135 cm³/mol. The molecular weight excluding hydrogens is 467 g/mol. The highest BCUT2D eigenvalue weighted by Crippen LogP contribution is 2.31. The Bertz CT molecular complexity index is 1590. The summed E-state index contributed by atoms with van der Waals surface area (Å²) >= 11 is 5.82. The van der Waals surface area contributed by atoms with Crippen molar-refractivity contribution in [2.24, 2.45) is 0 Å². The lowest BCUT2D eigenvalue weighted by molar-refractivity contribution is 0.266. The Labute approximate surface area is 205 Å². The van der Waals surface area contributed by atoms with Crippen LogP contribution in [-0.4, -0.2) is 31.5 Å². The molecule has 8 heteroatoms. The van der Waals surface area contributed by atoms with Crippen LogP contribution < -0.4 is 5.56 Å². The third-order valence-electron chi connectivity index (χ3n) is 6.08. The first-order valence-electron chi connectivity index (χ1n) is 11.1. The molecule has 0 unspecified atom stereocenters. The van der Waals surface area contributed by atoms with Crippen molar-refractivity contribution in [3.8, 4) is 22.4 Å². The van der Waals surface area contributed by atoms with Gasteiger partial charge in [0.05, 0.1) is 16.6 Å². The lowest BCUT2D eigenvalue weighted by Gasteiger charge is -2.20. The van der Waals surface area contributed by atoms with E-state index in [1.54, 1.807) is 24.5 Å². The number of fused-ring (bicyclic) bond motifs is 1. The Balaban J connectivity index is 1.54. The number of aliphatic hydroxyl groups is 1. The van der Waals surface area contributed by atoms with Crippen LogP contribution in [0.1, 0.15) is 23.7 Å². The van der Waals surface area contributed by atoms with Crippen molar-refractivity contribution in [2.45, 2.75) is 19.4 Å². The van der Waals surface area contributed by atoms with Crippen LogP contribution in [0.15, 0.2) is 77.9 Å². The van der Waals surface area contributed by atoms with Crippen LogP contribution in [0.2, 0.25) is 5.02 Å². The monoisotopic (exact) mass is 488 g/mol. The quantitative estimate of drug-likeness (QED) is 0.329. The van der Waals surface area contributed by atoms with Crippen LogP contribution in [0, 0.1) is 12.7 Å². The van der Waals surface area contributed by atoms with E-state index in [0.29, 0.717) is 5.56 Å².